The van der Waals surface area contributed by atoms with Gasteiger partial charge in [0, 0.05) is 34.6 Å². The second-order valence-electron chi connectivity index (χ2n) is 8.47. The highest BCUT2D eigenvalue weighted by Crippen LogP contribution is 1.89. The molecule has 0 aromatic heterocycles. The number of ether oxygens (including phenoxy) is 5. The molecule has 0 saturated heterocycles. The van der Waals surface area contributed by atoms with Crippen molar-refractivity contribution in [1.82, 2.24) is 0 Å². The molecule has 240 valence electrons. The summed E-state index contributed by atoms with van der Waals surface area (Å²) in [5.41, 5.74) is 0. The average Bonchev–Trinajstić information content (AvgIpc) is 2.86. The molecule has 0 unspecified atom stereocenters. The van der Waals surface area contributed by atoms with E-state index >= 15 is 0 Å². The minimum absolute atomic E-state index is 0.182. The van der Waals surface area contributed by atoms with Crippen molar-refractivity contribution >= 4 is 29.8 Å². The molecule has 0 rings (SSSR count). The van der Waals surface area contributed by atoms with Crippen LogP contribution in [0.1, 0.15) is 133 Å². The van der Waals surface area contributed by atoms with Gasteiger partial charge in [0.1, 0.15) is 0 Å². The third-order valence-electron chi connectivity index (χ3n) is 4.02. The Labute approximate surface area is 244 Å². The number of carbonyl (C=O) groups excluding carboxylic acids is 5. The van der Waals surface area contributed by atoms with Gasteiger partial charge in [-0.05, 0) is 32.1 Å². The van der Waals surface area contributed by atoms with Crippen LogP contribution in [0.3, 0.4) is 0 Å². The first-order chi connectivity index (χ1) is 18.9. The van der Waals surface area contributed by atoms with Gasteiger partial charge in [0.05, 0.1) is 33.0 Å². The number of hydrogen-bond donors (Lipinski definition) is 0. The molecule has 0 aromatic carbocycles. The highest BCUT2D eigenvalue weighted by Gasteiger charge is 1.90. The first-order valence-corrected chi connectivity index (χ1v) is 14.5. The summed E-state index contributed by atoms with van der Waals surface area (Å²) in [6, 6.07) is 0. The zero-order valence-corrected chi connectivity index (χ0v) is 27.2. The molecule has 0 aliphatic carbocycles. The Kier molecular flexibility index (Phi) is 51.2. The lowest BCUT2D eigenvalue weighted by Crippen LogP contribution is -1.99. The van der Waals surface area contributed by atoms with E-state index in [-0.39, 0.29) is 29.8 Å². The number of carbonyl (C=O) groups is 5. The predicted molar refractivity (Wildman–Crippen MR) is 158 cm³/mol. The second kappa shape index (κ2) is 43.4. The lowest BCUT2D eigenvalue weighted by atomic mass is 10.4. The summed E-state index contributed by atoms with van der Waals surface area (Å²) in [6.45, 7) is 20.3. The van der Waals surface area contributed by atoms with Gasteiger partial charge in [-0.25, -0.2) is 0 Å². The standard InChI is InChI=1S/5C6H12O2/c5*1-3-4-5-8-6(2)7/h5*3-5H2,1-2H3. The van der Waals surface area contributed by atoms with Crippen LogP contribution in [0, 0.1) is 0 Å². The van der Waals surface area contributed by atoms with Crippen molar-refractivity contribution in [3.8, 4) is 0 Å². The molecule has 0 aromatic rings. The van der Waals surface area contributed by atoms with E-state index in [0.717, 1.165) is 64.2 Å². The van der Waals surface area contributed by atoms with Crippen LogP contribution in [-0.2, 0) is 47.7 Å². The molecule has 0 radical (unpaired) electrons. The molecule has 0 aliphatic heterocycles. The van der Waals surface area contributed by atoms with E-state index in [9.17, 15) is 24.0 Å². The zero-order valence-electron chi connectivity index (χ0n) is 27.2. The van der Waals surface area contributed by atoms with Crippen molar-refractivity contribution in [1.29, 1.82) is 0 Å². The van der Waals surface area contributed by atoms with Crippen molar-refractivity contribution in [2.45, 2.75) is 133 Å². The maximum absolute atomic E-state index is 10.1. The van der Waals surface area contributed by atoms with E-state index in [1.54, 1.807) is 0 Å². The molecule has 0 amide bonds. The van der Waals surface area contributed by atoms with Crippen LogP contribution in [0.15, 0.2) is 0 Å². The van der Waals surface area contributed by atoms with Crippen molar-refractivity contribution < 1.29 is 47.7 Å². The third kappa shape index (κ3) is 83.5. The van der Waals surface area contributed by atoms with E-state index in [1.807, 2.05) is 0 Å². The summed E-state index contributed by atoms with van der Waals surface area (Å²) < 4.78 is 23.2. The van der Waals surface area contributed by atoms with Crippen molar-refractivity contribution in [2.24, 2.45) is 0 Å². The fourth-order valence-corrected chi connectivity index (χ4v) is 1.80. The molecule has 0 aliphatic rings. The van der Waals surface area contributed by atoms with Gasteiger partial charge >= 0.3 is 29.8 Å². The van der Waals surface area contributed by atoms with Crippen LogP contribution in [0.5, 0.6) is 0 Å². The first kappa shape index (κ1) is 47.2. The van der Waals surface area contributed by atoms with Gasteiger partial charge in [0.25, 0.3) is 0 Å². The molecule has 0 atom stereocenters. The normalized spacial score (nSPS) is 8.75. The molecule has 0 saturated carbocycles. The Hall–Kier alpha value is -2.65. The maximum Gasteiger partial charge on any atom is 0.302 e. The number of hydrogen-bond acceptors (Lipinski definition) is 10. The van der Waals surface area contributed by atoms with Crippen LogP contribution >= 0.6 is 0 Å². The largest absolute Gasteiger partial charge is 0.466 e. The molecule has 0 bridgehead atoms. The number of esters is 5. The summed E-state index contributed by atoms with van der Waals surface area (Å²) in [5, 5.41) is 0. The molecule has 40 heavy (non-hydrogen) atoms. The monoisotopic (exact) mass is 580 g/mol. The fourth-order valence-electron chi connectivity index (χ4n) is 1.80. The molecule has 0 spiro atoms. The minimum atomic E-state index is -0.182. The van der Waals surface area contributed by atoms with Crippen molar-refractivity contribution in [2.75, 3.05) is 33.0 Å². The van der Waals surface area contributed by atoms with Gasteiger partial charge in [0.15, 0.2) is 0 Å². The lowest BCUT2D eigenvalue weighted by molar-refractivity contribution is -0.142. The molecular weight excluding hydrogens is 520 g/mol. The van der Waals surface area contributed by atoms with Gasteiger partial charge in [-0.15, -0.1) is 0 Å². The Morgan fingerprint density at radius 1 is 0.325 bits per heavy atom. The Bertz CT molecular complexity index is 461. The van der Waals surface area contributed by atoms with Crippen molar-refractivity contribution in [3.63, 3.8) is 0 Å². The first-order valence-electron chi connectivity index (χ1n) is 14.5. The Morgan fingerprint density at radius 3 is 0.525 bits per heavy atom. The SMILES string of the molecule is CCCCOC(C)=O.CCCCOC(C)=O.CCCCOC(C)=O.CCCCOC(C)=O.CCCCOC(C)=O. The van der Waals surface area contributed by atoms with Crippen LogP contribution in [-0.4, -0.2) is 62.9 Å². The van der Waals surface area contributed by atoms with E-state index in [1.165, 1.54) is 34.6 Å². The zero-order chi connectivity index (χ0) is 32.0. The summed E-state index contributed by atoms with van der Waals surface area (Å²) in [5.74, 6) is -0.910. The summed E-state index contributed by atoms with van der Waals surface area (Å²) in [4.78, 5) is 50.5. The average molecular weight is 581 g/mol. The van der Waals surface area contributed by atoms with E-state index in [0.29, 0.717) is 33.0 Å². The number of rotatable bonds is 15. The molecular formula is C30H60O10. The smallest absolute Gasteiger partial charge is 0.302 e. The topological polar surface area (TPSA) is 132 Å². The van der Waals surface area contributed by atoms with Gasteiger partial charge in [-0.3, -0.25) is 24.0 Å². The quantitative estimate of drug-likeness (QED) is 0.116. The van der Waals surface area contributed by atoms with Gasteiger partial charge in [-0.1, -0.05) is 66.7 Å². The molecule has 0 N–H and O–H groups in total. The summed E-state index contributed by atoms with van der Waals surface area (Å²) in [6.07, 6.45) is 10.2. The minimum Gasteiger partial charge on any atom is -0.466 e. The second-order valence-corrected chi connectivity index (χ2v) is 8.47. The Morgan fingerprint density at radius 2 is 0.450 bits per heavy atom. The molecule has 10 nitrogen and oxygen atoms in total. The van der Waals surface area contributed by atoms with Gasteiger partial charge in [-0.2, -0.15) is 0 Å². The third-order valence-corrected chi connectivity index (χ3v) is 4.02. The fraction of sp³-hybridized carbons (Fsp3) is 0.833. The highest BCUT2D eigenvalue weighted by atomic mass is 16.5. The highest BCUT2D eigenvalue weighted by molar-refractivity contribution is 5.66. The van der Waals surface area contributed by atoms with E-state index < -0.39 is 0 Å². The lowest BCUT2D eigenvalue weighted by Gasteiger charge is -1.96. The van der Waals surface area contributed by atoms with Crippen LogP contribution < -0.4 is 0 Å². The van der Waals surface area contributed by atoms with E-state index in [4.69, 9.17) is 0 Å². The maximum atomic E-state index is 10.1. The van der Waals surface area contributed by atoms with Gasteiger partial charge in [0.2, 0.25) is 0 Å². The predicted octanol–water partition coefficient (Wildman–Crippen LogP) is 6.75. The Balaban J connectivity index is -0.000000128. The summed E-state index contributed by atoms with van der Waals surface area (Å²) >= 11 is 0. The van der Waals surface area contributed by atoms with Crippen LogP contribution in [0.25, 0.3) is 0 Å². The van der Waals surface area contributed by atoms with E-state index in [2.05, 4.69) is 58.3 Å². The molecule has 0 heterocycles. The molecule has 0 fully saturated rings. The van der Waals surface area contributed by atoms with Gasteiger partial charge < -0.3 is 23.7 Å². The van der Waals surface area contributed by atoms with Crippen LogP contribution in [0.2, 0.25) is 0 Å². The summed E-state index contributed by atoms with van der Waals surface area (Å²) in [7, 11) is 0. The van der Waals surface area contributed by atoms with Crippen molar-refractivity contribution in [3.05, 3.63) is 0 Å². The van der Waals surface area contributed by atoms with Crippen LogP contribution in [0.4, 0.5) is 0 Å². The molecule has 10 heteroatoms. The number of unbranched alkanes of at least 4 members (excludes halogenated alkanes) is 5.